The summed E-state index contributed by atoms with van der Waals surface area (Å²) in [7, 11) is 0. The van der Waals surface area contributed by atoms with Gasteiger partial charge in [-0.15, -0.1) is 0 Å². The van der Waals surface area contributed by atoms with Gasteiger partial charge in [-0.2, -0.15) is 0 Å². The van der Waals surface area contributed by atoms with Gasteiger partial charge in [-0.3, -0.25) is 9.69 Å². The Balaban J connectivity index is 1.48. The molecule has 2 fully saturated rings. The summed E-state index contributed by atoms with van der Waals surface area (Å²) in [5.41, 5.74) is 1.15. The number of hydrogen-bond donors (Lipinski definition) is 0. The first-order chi connectivity index (χ1) is 10.2. The number of ether oxygens (including phenoxy) is 1. The standard InChI is InChI=1S/C15H20ClN3O2/c16-14-4-3-12(10-17-14)11-18-5-7-19(8-6-18)15(20)13-2-1-9-21-13/h3-4,10,13H,1-2,5-9,11H2. The van der Waals surface area contributed by atoms with Crippen LogP contribution in [0.15, 0.2) is 18.3 Å². The second-order valence-corrected chi connectivity index (χ2v) is 5.98. The van der Waals surface area contributed by atoms with Crippen molar-refractivity contribution in [3.63, 3.8) is 0 Å². The van der Waals surface area contributed by atoms with Gasteiger partial charge in [0, 0.05) is 45.5 Å². The monoisotopic (exact) mass is 309 g/mol. The van der Waals surface area contributed by atoms with Gasteiger partial charge < -0.3 is 9.64 Å². The number of nitrogens with zero attached hydrogens (tertiary/aromatic N) is 3. The van der Waals surface area contributed by atoms with E-state index in [4.69, 9.17) is 16.3 Å². The molecule has 3 heterocycles. The van der Waals surface area contributed by atoms with Crippen molar-refractivity contribution in [3.05, 3.63) is 29.0 Å². The number of pyridine rings is 1. The maximum atomic E-state index is 12.3. The van der Waals surface area contributed by atoms with E-state index in [9.17, 15) is 4.79 Å². The number of hydrogen-bond acceptors (Lipinski definition) is 4. The van der Waals surface area contributed by atoms with Crippen LogP contribution < -0.4 is 0 Å². The van der Waals surface area contributed by atoms with Crippen molar-refractivity contribution in [1.29, 1.82) is 0 Å². The van der Waals surface area contributed by atoms with Crippen molar-refractivity contribution in [2.24, 2.45) is 0 Å². The predicted molar refractivity (Wildman–Crippen MR) is 80.1 cm³/mol. The molecule has 1 unspecified atom stereocenters. The molecule has 0 aliphatic carbocycles. The van der Waals surface area contributed by atoms with E-state index in [-0.39, 0.29) is 12.0 Å². The minimum Gasteiger partial charge on any atom is -0.368 e. The smallest absolute Gasteiger partial charge is 0.251 e. The highest BCUT2D eigenvalue weighted by Crippen LogP contribution is 2.16. The zero-order chi connectivity index (χ0) is 14.7. The Hall–Kier alpha value is -1.17. The van der Waals surface area contributed by atoms with Gasteiger partial charge in [0.25, 0.3) is 5.91 Å². The first-order valence-electron chi connectivity index (χ1n) is 7.45. The normalized spacial score (nSPS) is 23.5. The first kappa shape index (κ1) is 14.8. The maximum Gasteiger partial charge on any atom is 0.251 e. The maximum absolute atomic E-state index is 12.3. The summed E-state index contributed by atoms with van der Waals surface area (Å²) in [5.74, 6) is 0.167. The third kappa shape index (κ3) is 3.73. The quantitative estimate of drug-likeness (QED) is 0.795. The van der Waals surface area contributed by atoms with Crippen molar-refractivity contribution in [3.8, 4) is 0 Å². The van der Waals surface area contributed by atoms with Crippen LogP contribution in [-0.4, -0.2) is 59.6 Å². The molecule has 0 spiro atoms. The van der Waals surface area contributed by atoms with E-state index in [0.29, 0.717) is 5.15 Å². The second-order valence-electron chi connectivity index (χ2n) is 5.59. The molecule has 0 bridgehead atoms. The molecular weight excluding hydrogens is 290 g/mol. The lowest BCUT2D eigenvalue weighted by Crippen LogP contribution is -2.51. The molecule has 0 radical (unpaired) electrons. The van der Waals surface area contributed by atoms with Gasteiger partial charge >= 0.3 is 0 Å². The molecule has 0 saturated carbocycles. The molecule has 114 valence electrons. The number of amides is 1. The molecule has 1 aromatic rings. The van der Waals surface area contributed by atoms with Gasteiger partial charge in [-0.25, -0.2) is 4.98 Å². The highest BCUT2D eigenvalue weighted by Gasteiger charge is 2.30. The molecule has 21 heavy (non-hydrogen) atoms. The van der Waals surface area contributed by atoms with Crippen LogP contribution in [-0.2, 0) is 16.1 Å². The first-order valence-corrected chi connectivity index (χ1v) is 7.83. The number of halogens is 1. The zero-order valence-corrected chi connectivity index (χ0v) is 12.8. The van der Waals surface area contributed by atoms with E-state index >= 15 is 0 Å². The van der Waals surface area contributed by atoms with Gasteiger partial charge in [-0.1, -0.05) is 17.7 Å². The molecule has 2 saturated heterocycles. The van der Waals surface area contributed by atoms with Crippen LogP contribution in [0.5, 0.6) is 0 Å². The molecule has 1 atom stereocenters. The van der Waals surface area contributed by atoms with Gasteiger partial charge in [0.15, 0.2) is 0 Å². The van der Waals surface area contributed by atoms with Crippen molar-refractivity contribution < 1.29 is 9.53 Å². The molecule has 1 aromatic heterocycles. The lowest BCUT2D eigenvalue weighted by molar-refractivity contribution is -0.142. The van der Waals surface area contributed by atoms with Gasteiger partial charge in [0.1, 0.15) is 11.3 Å². The number of rotatable bonds is 3. The molecule has 0 aromatic carbocycles. The van der Waals surface area contributed by atoms with Crippen LogP contribution in [0.1, 0.15) is 18.4 Å². The fraction of sp³-hybridized carbons (Fsp3) is 0.600. The summed E-state index contributed by atoms with van der Waals surface area (Å²) in [5, 5.41) is 0.519. The highest BCUT2D eigenvalue weighted by atomic mass is 35.5. The van der Waals surface area contributed by atoms with Crippen LogP contribution in [0.25, 0.3) is 0 Å². The van der Waals surface area contributed by atoms with Crippen LogP contribution in [0.2, 0.25) is 5.15 Å². The second kappa shape index (κ2) is 6.73. The van der Waals surface area contributed by atoms with Crippen LogP contribution in [0.3, 0.4) is 0 Å². The average Bonchev–Trinajstić information content (AvgIpc) is 3.04. The predicted octanol–water partition coefficient (Wildman–Crippen LogP) is 1.56. The molecular formula is C15H20ClN3O2. The van der Waals surface area contributed by atoms with Crippen molar-refractivity contribution in [2.75, 3.05) is 32.8 Å². The minimum atomic E-state index is -0.197. The molecule has 0 N–H and O–H groups in total. The number of aromatic nitrogens is 1. The van der Waals surface area contributed by atoms with Gasteiger partial charge in [0.2, 0.25) is 0 Å². The third-order valence-electron chi connectivity index (χ3n) is 4.08. The zero-order valence-electron chi connectivity index (χ0n) is 12.0. The van der Waals surface area contributed by atoms with Crippen LogP contribution in [0, 0.1) is 0 Å². The average molecular weight is 310 g/mol. The third-order valence-corrected chi connectivity index (χ3v) is 4.31. The number of carbonyl (C=O) groups excluding carboxylic acids is 1. The van der Waals surface area contributed by atoms with E-state index in [1.165, 1.54) is 0 Å². The Bertz CT molecular complexity index is 480. The van der Waals surface area contributed by atoms with E-state index in [2.05, 4.69) is 9.88 Å². The van der Waals surface area contributed by atoms with Crippen molar-refractivity contribution in [2.45, 2.75) is 25.5 Å². The Morgan fingerprint density at radius 1 is 1.33 bits per heavy atom. The van der Waals surface area contributed by atoms with E-state index in [1.807, 2.05) is 23.2 Å². The molecule has 6 heteroatoms. The summed E-state index contributed by atoms with van der Waals surface area (Å²) >= 11 is 5.79. The van der Waals surface area contributed by atoms with E-state index in [0.717, 1.165) is 57.7 Å². The minimum absolute atomic E-state index is 0.167. The summed E-state index contributed by atoms with van der Waals surface area (Å²) < 4.78 is 5.48. The Kier molecular flexibility index (Phi) is 4.73. The molecule has 5 nitrogen and oxygen atoms in total. The van der Waals surface area contributed by atoms with Crippen LogP contribution >= 0.6 is 11.6 Å². The molecule has 2 aliphatic heterocycles. The topological polar surface area (TPSA) is 45.7 Å². The Morgan fingerprint density at radius 3 is 2.76 bits per heavy atom. The number of piperazine rings is 1. The lowest BCUT2D eigenvalue weighted by Gasteiger charge is -2.35. The van der Waals surface area contributed by atoms with Gasteiger partial charge in [-0.05, 0) is 24.5 Å². The van der Waals surface area contributed by atoms with E-state index < -0.39 is 0 Å². The van der Waals surface area contributed by atoms with Crippen molar-refractivity contribution in [1.82, 2.24) is 14.8 Å². The Morgan fingerprint density at radius 2 is 2.14 bits per heavy atom. The lowest BCUT2D eigenvalue weighted by atomic mass is 10.2. The summed E-state index contributed by atoms with van der Waals surface area (Å²) in [4.78, 5) is 20.6. The van der Waals surface area contributed by atoms with Gasteiger partial charge in [0.05, 0.1) is 0 Å². The molecule has 3 rings (SSSR count). The van der Waals surface area contributed by atoms with E-state index in [1.54, 1.807) is 0 Å². The van der Waals surface area contributed by atoms with Crippen molar-refractivity contribution >= 4 is 17.5 Å². The summed E-state index contributed by atoms with van der Waals surface area (Å²) in [6.45, 7) is 4.91. The van der Waals surface area contributed by atoms with Crippen LogP contribution in [0.4, 0.5) is 0 Å². The molecule has 1 amide bonds. The fourth-order valence-corrected chi connectivity index (χ4v) is 2.97. The fourth-order valence-electron chi connectivity index (χ4n) is 2.86. The molecule has 2 aliphatic rings. The highest BCUT2D eigenvalue weighted by molar-refractivity contribution is 6.29. The Labute approximate surface area is 129 Å². The summed E-state index contributed by atoms with van der Waals surface area (Å²) in [6, 6.07) is 3.81. The summed E-state index contributed by atoms with van der Waals surface area (Å²) in [6.07, 6.45) is 3.48. The largest absolute Gasteiger partial charge is 0.368 e. The number of carbonyl (C=O) groups is 1. The SMILES string of the molecule is O=C(C1CCCO1)N1CCN(Cc2ccc(Cl)nc2)CC1.